The summed E-state index contributed by atoms with van der Waals surface area (Å²) in [5, 5.41) is 14.4. The van der Waals surface area contributed by atoms with Gasteiger partial charge in [0, 0.05) is 18.7 Å². The van der Waals surface area contributed by atoms with E-state index in [1.165, 1.54) is 0 Å². The van der Waals surface area contributed by atoms with Gasteiger partial charge in [0.1, 0.15) is 0 Å². The van der Waals surface area contributed by atoms with Crippen molar-refractivity contribution in [3.8, 4) is 0 Å². The summed E-state index contributed by atoms with van der Waals surface area (Å²) in [6, 6.07) is 0. The summed E-state index contributed by atoms with van der Waals surface area (Å²) in [6.45, 7) is 4.69. The van der Waals surface area contributed by atoms with Crippen LogP contribution in [-0.4, -0.2) is 15.7 Å². The molecule has 13 heavy (non-hydrogen) atoms. The zero-order chi connectivity index (χ0) is 9.84. The fourth-order valence-electron chi connectivity index (χ4n) is 1.20. The highest BCUT2D eigenvalue weighted by molar-refractivity contribution is 5.64. The van der Waals surface area contributed by atoms with E-state index < -0.39 is 5.97 Å². The van der Waals surface area contributed by atoms with E-state index in [9.17, 15) is 9.90 Å². The van der Waals surface area contributed by atoms with Crippen LogP contribution in [0.2, 0.25) is 0 Å². The molecule has 1 rings (SSSR count). The summed E-state index contributed by atoms with van der Waals surface area (Å²) in [4.78, 5) is 10.2. The number of rotatable bonds is 4. The average molecular weight is 181 g/mol. The fraction of sp³-hybridized carbons (Fsp3) is 0.556. The lowest BCUT2D eigenvalue weighted by molar-refractivity contribution is -0.305. The minimum absolute atomic E-state index is 0.0657. The first-order chi connectivity index (χ1) is 6.13. The monoisotopic (exact) mass is 181 g/mol. The van der Waals surface area contributed by atoms with Crippen molar-refractivity contribution >= 4 is 5.97 Å². The molecule has 0 aliphatic heterocycles. The van der Waals surface area contributed by atoms with E-state index >= 15 is 0 Å². The molecular weight excluding hydrogens is 168 g/mol. The third-order valence-corrected chi connectivity index (χ3v) is 1.97. The van der Waals surface area contributed by atoms with Gasteiger partial charge in [-0.05, 0) is 32.3 Å². The predicted molar refractivity (Wildman–Crippen MR) is 46.0 cm³/mol. The minimum atomic E-state index is -1.01. The molecule has 72 valence electrons. The van der Waals surface area contributed by atoms with E-state index in [1.807, 2.05) is 20.0 Å². The van der Waals surface area contributed by atoms with Gasteiger partial charge in [0.15, 0.2) is 0 Å². The number of aromatic nitrogens is 2. The number of carbonyl (C=O) groups is 1. The van der Waals surface area contributed by atoms with Gasteiger partial charge in [0.05, 0.1) is 5.69 Å². The maximum atomic E-state index is 10.2. The van der Waals surface area contributed by atoms with Gasteiger partial charge in [0.25, 0.3) is 0 Å². The first-order valence-electron chi connectivity index (χ1n) is 4.36. The molecule has 0 fully saturated rings. The lowest BCUT2D eigenvalue weighted by Crippen LogP contribution is -2.22. The van der Waals surface area contributed by atoms with E-state index in [-0.39, 0.29) is 6.42 Å². The smallest absolute Gasteiger partial charge is 0.0625 e. The van der Waals surface area contributed by atoms with Gasteiger partial charge in [-0.3, -0.25) is 4.68 Å². The van der Waals surface area contributed by atoms with E-state index in [2.05, 4.69) is 5.10 Å². The summed E-state index contributed by atoms with van der Waals surface area (Å²) in [5.74, 6) is -1.01. The average Bonchev–Trinajstić information content (AvgIpc) is 2.43. The number of aliphatic carboxylic acids is 1. The normalized spacial score (nSPS) is 10.3. The van der Waals surface area contributed by atoms with Crippen molar-refractivity contribution in [1.29, 1.82) is 0 Å². The third kappa shape index (κ3) is 2.57. The Morgan fingerprint density at radius 1 is 1.69 bits per heavy atom. The van der Waals surface area contributed by atoms with E-state index in [4.69, 9.17) is 0 Å². The summed E-state index contributed by atoms with van der Waals surface area (Å²) < 4.78 is 1.81. The summed E-state index contributed by atoms with van der Waals surface area (Å²) in [7, 11) is 0. The molecular formula is C9H13N2O2-. The maximum Gasteiger partial charge on any atom is 0.0625 e. The van der Waals surface area contributed by atoms with Crippen molar-refractivity contribution in [2.24, 2.45) is 0 Å². The molecule has 1 heterocycles. The molecule has 0 saturated heterocycles. The Hall–Kier alpha value is -1.32. The Labute approximate surface area is 77.2 Å². The number of hydrogen-bond acceptors (Lipinski definition) is 3. The molecule has 0 aliphatic carbocycles. The van der Waals surface area contributed by atoms with Crippen LogP contribution >= 0.6 is 0 Å². The van der Waals surface area contributed by atoms with Crippen LogP contribution in [0, 0.1) is 6.92 Å². The second-order valence-corrected chi connectivity index (χ2v) is 2.97. The predicted octanol–water partition coefficient (Wildman–Crippen LogP) is -0.106. The second-order valence-electron chi connectivity index (χ2n) is 2.97. The SMILES string of the molecule is CCn1cc(CCC(=O)[O-])c(C)n1. The highest BCUT2D eigenvalue weighted by Gasteiger charge is 2.03. The largest absolute Gasteiger partial charge is 0.550 e. The highest BCUT2D eigenvalue weighted by atomic mass is 16.4. The second kappa shape index (κ2) is 4.07. The molecule has 0 radical (unpaired) electrons. The van der Waals surface area contributed by atoms with Gasteiger partial charge >= 0.3 is 0 Å². The molecule has 0 aromatic carbocycles. The molecule has 0 atom stereocenters. The molecule has 0 amide bonds. The first-order valence-corrected chi connectivity index (χ1v) is 4.36. The maximum absolute atomic E-state index is 10.2. The van der Waals surface area contributed by atoms with E-state index in [0.717, 1.165) is 17.8 Å². The Balaban J connectivity index is 2.65. The zero-order valence-corrected chi connectivity index (χ0v) is 7.91. The molecule has 0 aliphatic rings. The minimum Gasteiger partial charge on any atom is -0.550 e. The standard InChI is InChI=1S/C9H14N2O2/c1-3-11-6-8(7(2)10-11)4-5-9(12)13/h6H,3-5H2,1-2H3,(H,12,13)/p-1. The molecule has 1 aromatic rings. The summed E-state index contributed by atoms with van der Waals surface area (Å²) in [6.07, 6.45) is 2.46. The van der Waals surface area contributed by atoms with Crippen LogP contribution in [0.1, 0.15) is 24.6 Å². The summed E-state index contributed by atoms with van der Waals surface area (Å²) in [5.41, 5.74) is 1.90. The molecule has 0 N–H and O–H groups in total. The summed E-state index contributed by atoms with van der Waals surface area (Å²) >= 11 is 0. The van der Waals surface area contributed by atoms with Crippen LogP contribution in [-0.2, 0) is 17.8 Å². The topological polar surface area (TPSA) is 58.0 Å². The fourth-order valence-corrected chi connectivity index (χ4v) is 1.20. The van der Waals surface area contributed by atoms with Crippen LogP contribution in [0.3, 0.4) is 0 Å². The lowest BCUT2D eigenvalue weighted by atomic mass is 10.1. The van der Waals surface area contributed by atoms with E-state index in [1.54, 1.807) is 4.68 Å². The van der Waals surface area contributed by atoms with Crippen molar-refractivity contribution in [2.75, 3.05) is 0 Å². The molecule has 0 unspecified atom stereocenters. The van der Waals surface area contributed by atoms with Gasteiger partial charge in [-0.2, -0.15) is 5.10 Å². The van der Waals surface area contributed by atoms with Gasteiger partial charge in [-0.25, -0.2) is 0 Å². The molecule has 4 heteroatoms. The Morgan fingerprint density at radius 2 is 2.38 bits per heavy atom. The molecule has 0 spiro atoms. The number of carboxylic acids is 1. The molecule has 0 saturated carbocycles. The van der Waals surface area contributed by atoms with Gasteiger partial charge in [0.2, 0.25) is 0 Å². The lowest BCUT2D eigenvalue weighted by Gasteiger charge is -1.99. The van der Waals surface area contributed by atoms with Gasteiger partial charge in [-0.1, -0.05) is 0 Å². The number of carbonyl (C=O) groups excluding carboxylic acids is 1. The molecule has 1 aromatic heterocycles. The van der Waals surface area contributed by atoms with Gasteiger partial charge in [-0.15, -0.1) is 0 Å². The van der Waals surface area contributed by atoms with E-state index in [0.29, 0.717) is 6.42 Å². The van der Waals surface area contributed by atoms with Crippen molar-refractivity contribution in [2.45, 2.75) is 33.2 Å². The number of nitrogens with zero attached hydrogens (tertiary/aromatic N) is 2. The number of aryl methyl sites for hydroxylation is 3. The van der Waals surface area contributed by atoms with Crippen molar-refractivity contribution in [3.05, 3.63) is 17.5 Å². The van der Waals surface area contributed by atoms with Crippen LogP contribution < -0.4 is 5.11 Å². The van der Waals surface area contributed by atoms with Crippen molar-refractivity contribution in [3.63, 3.8) is 0 Å². The van der Waals surface area contributed by atoms with Gasteiger partial charge < -0.3 is 9.90 Å². The van der Waals surface area contributed by atoms with Crippen LogP contribution in [0.5, 0.6) is 0 Å². The third-order valence-electron chi connectivity index (χ3n) is 1.97. The Morgan fingerprint density at radius 3 is 2.85 bits per heavy atom. The first kappa shape index (κ1) is 9.77. The Bertz CT molecular complexity index is 305. The zero-order valence-electron chi connectivity index (χ0n) is 7.91. The van der Waals surface area contributed by atoms with Crippen LogP contribution in [0.4, 0.5) is 0 Å². The van der Waals surface area contributed by atoms with Crippen LogP contribution in [0.15, 0.2) is 6.20 Å². The number of carboxylic acid groups (broad SMARTS) is 1. The van der Waals surface area contributed by atoms with Crippen molar-refractivity contribution < 1.29 is 9.90 Å². The Kier molecular flexibility index (Phi) is 3.06. The van der Waals surface area contributed by atoms with Crippen molar-refractivity contribution in [1.82, 2.24) is 9.78 Å². The highest BCUT2D eigenvalue weighted by Crippen LogP contribution is 2.07. The van der Waals surface area contributed by atoms with Crippen LogP contribution in [0.25, 0.3) is 0 Å². The number of hydrogen-bond donors (Lipinski definition) is 0. The molecule has 0 bridgehead atoms. The quantitative estimate of drug-likeness (QED) is 0.651. The molecule has 4 nitrogen and oxygen atoms in total.